The summed E-state index contributed by atoms with van der Waals surface area (Å²) in [6.45, 7) is 0. The molecule has 2 aliphatic carbocycles. The van der Waals surface area contributed by atoms with E-state index in [1.165, 1.54) is 12.1 Å². The van der Waals surface area contributed by atoms with Crippen LogP contribution in [-0.4, -0.2) is 68.1 Å². The van der Waals surface area contributed by atoms with Crippen LogP contribution in [0.1, 0.15) is 17.9 Å². The molecule has 0 saturated heterocycles. The van der Waals surface area contributed by atoms with Crippen molar-refractivity contribution in [2.45, 2.75) is 17.9 Å². The highest BCUT2D eigenvalue weighted by Gasteiger charge is 2.71. The number of halogens is 1. The van der Waals surface area contributed by atoms with Crippen LogP contribution in [0.2, 0.25) is 0 Å². The van der Waals surface area contributed by atoms with Gasteiger partial charge < -0.3 is 29.2 Å². The van der Waals surface area contributed by atoms with Gasteiger partial charge in [-0.2, -0.15) is 0 Å². The van der Waals surface area contributed by atoms with E-state index in [4.69, 9.17) is 18.9 Å². The molecule has 6 atom stereocenters. The van der Waals surface area contributed by atoms with Crippen LogP contribution in [0.4, 0.5) is 4.39 Å². The van der Waals surface area contributed by atoms with Crippen molar-refractivity contribution >= 4 is 23.9 Å². The third kappa shape index (κ3) is 3.69. The Balaban J connectivity index is 2.40. The van der Waals surface area contributed by atoms with Crippen LogP contribution in [0.15, 0.2) is 35.6 Å². The lowest BCUT2D eigenvalue weighted by molar-refractivity contribution is -0.208. The van der Waals surface area contributed by atoms with Crippen molar-refractivity contribution in [2.75, 3.05) is 28.4 Å². The van der Waals surface area contributed by atoms with Crippen molar-refractivity contribution in [2.24, 2.45) is 23.7 Å². The van der Waals surface area contributed by atoms with Crippen molar-refractivity contribution in [3.8, 4) is 0 Å². The van der Waals surface area contributed by atoms with Crippen molar-refractivity contribution in [1.82, 2.24) is 0 Å². The maximum atomic E-state index is 13.6. The van der Waals surface area contributed by atoms with Crippen LogP contribution in [0.25, 0.3) is 0 Å². The molecule has 11 heteroatoms. The molecule has 0 aliphatic heterocycles. The maximum Gasteiger partial charge on any atom is 0.337 e. The van der Waals surface area contributed by atoms with Gasteiger partial charge in [0.25, 0.3) is 0 Å². The largest absolute Gasteiger partial charge is 0.511 e. The van der Waals surface area contributed by atoms with Gasteiger partial charge in [-0.25, -0.2) is 9.18 Å². The lowest BCUT2D eigenvalue weighted by Gasteiger charge is -2.55. The smallest absolute Gasteiger partial charge is 0.337 e. The van der Waals surface area contributed by atoms with Gasteiger partial charge in [-0.05, 0) is 24.1 Å². The summed E-state index contributed by atoms with van der Waals surface area (Å²) in [6.07, 6.45) is -0.143. The van der Waals surface area contributed by atoms with Crippen LogP contribution in [0.5, 0.6) is 0 Å². The number of methoxy groups -OCH3 is 4. The number of esters is 4. The zero-order valence-electron chi connectivity index (χ0n) is 18.9. The molecule has 0 amide bonds. The Kier molecular flexibility index (Phi) is 6.97. The topological polar surface area (TPSA) is 146 Å². The first kappa shape index (κ1) is 25.2. The molecule has 34 heavy (non-hydrogen) atoms. The third-order valence-corrected chi connectivity index (χ3v) is 6.74. The Morgan fingerprint density at radius 2 is 1.35 bits per heavy atom. The first-order valence-electron chi connectivity index (χ1n) is 10.3. The highest BCUT2D eigenvalue weighted by Crippen LogP contribution is 2.59. The second-order valence-electron chi connectivity index (χ2n) is 8.14. The number of rotatable bonds is 5. The molecule has 1 aromatic carbocycles. The van der Waals surface area contributed by atoms with Gasteiger partial charge in [-0.3, -0.25) is 14.4 Å². The van der Waals surface area contributed by atoms with E-state index >= 15 is 0 Å². The zero-order valence-corrected chi connectivity index (χ0v) is 18.9. The molecule has 184 valence electrons. The number of ether oxygens (including phenoxy) is 4. The van der Waals surface area contributed by atoms with Gasteiger partial charge in [0, 0.05) is 11.8 Å². The van der Waals surface area contributed by atoms with Crippen LogP contribution in [-0.2, 0) is 38.1 Å². The Morgan fingerprint density at radius 1 is 0.853 bits per heavy atom. The van der Waals surface area contributed by atoms with Gasteiger partial charge in [-0.15, -0.1) is 0 Å². The molecular weight excluding hydrogens is 455 g/mol. The van der Waals surface area contributed by atoms with Crippen LogP contribution in [0.3, 0.4) is 0 Å². The van der Waals surface area contributed by atoms with Crippen molar-refractivity contribution in [1.29, 1.82) is 0 Å². The normalized spacial score (nSPS) is 30.2. The van der Waals surface area contributed by atoms with Gasteiger partial charge in [-0.1, -0.05) is 12.1 Å². The molecule has 2 N–H and O–H groups in total. The molecule has 1 aromatic rings. The summed E-state index contributed by atoms with van der Waals surface area (Å²) < 4.78 is 32.9. The average molecular weight is 480 g/mol. The van der Waals surface area contributed by atoms with Crippen LogP contribution >= 0.6 is 0 Å². The number of hydrogen-bond donors (Lipinski definition) is 2. The lowest BCUT2D eigenvalue weighted by atomic mass is 9.49. The molecular formula is C23H25FO10. The minimum atomic E-state index is -2.63. The van der Waals surface area contributed by atoms with Crippen LogP contribution < -0.4 is 0 Å². The summed E-state index contributed by atoms with van der Waals surface area (Å²) >= 11 is 0. The van der Waals surface area contributed by atoms with Gasteiger partial charge in [0.05, 0.1) is 45.8 Å². The summed E-state index contributed by atoms with van der Waals surface area (Å²) in [7, 11) is 4.11. The monoisotopic (exact) mass is 480 g/mol. The maximum absolute atomic E-state index is 13.6. The predicted molar refractivity (Wildman–Crippen MR) is 110 cm³/mol. The summed E-state index contributed by atoms with van der Waals surface area (Å²) in [5.74, 6) is -13.2. The standard InChI is InChI=1S/C23H25FO10/c1-31-19(26)14-13-9-12(10-5-7-11(24)8-6-10)15(20(27)32-2)23(30,16(13)21(28)33-3)17(18(14)25)22(29)34-4/h5-8,12-13,15-17,25,30H,9H2,1-4H3/t12-,13-,15-,16-,17?,23+/m0/s1. The second-order valence-corrected chi connectivity index (χ2v) is 8.14. The first-order valence-corrected chi connectivity index (χ1v) is 10.3. The number of carbonyl (C=O) groups is 4. The van der Waals surface area contributed by atoms with Crippen LogP contribution in [0, 0.1) is 29.5 Å². The Hall–Kier alpha value is -3.47. The summed E-state index contributed by atoms with van der Waals surface area (Å²) in [5, 5.41) is 23.1. The molecule has 1 fully saturated rings. The summed E-state index contributed by atoms with van der Waals surface area (Å²) in [5.41, 5.74) is -2.68. The third-order valence-electron chi connectivity index (χ3n) is 6.74. The van der Waals surface area contributed by atoms with E-state index in [0.29, 0.717) is 5.56 Å². The number of hydrogen-bond acceptors (Lipinski definition) is 10. The summed E-state index contributed by atoms with van der Waals surface area (Å²) in [6, 6.07) is 5.04. The number of aliphatic hydroxyl groups excluding tert-OH is 1. The van der Waals surface area contributed by atoms with Crippen molar-refractivity contribution < 1.29 is 52.7 Å². The molecule has 3 rings (SSSR count). The molecule has 0 spiro atoms. The Labute approximate surface area is 194 Å². The molecule has 0 heterocycles. The SMILES string of the molecule is COC(=O)C1=C(O)C(C(=O)OC)[C@]2(O)[C@H](C(=O)OC)[C@H]1C[C@@H](c1ccc(F)cc1)[C@H]2C(=O)OC. The molecule has 1 unspecified atom stereocenters. The van der Waals surface area contributed by atoms with Gasteiger partial charge in [0.2, 0.25) is 0 Å². The highest BCUT2D eigenvalue weighted by molar-refractivity contribution is 5.96. The van der Waals surface area contributed by atoms with Crippen molar-refractivity contribution in [3.05, 3.63) is 47.0 Å². The number of aliphatic hydroxyl groups is 2. The van der Waals surface area contributed by atoms with Gasteiger partial charge >= 0.3 is 23.9 Å². The number of fused-ring (bicyclic) bond motifs is 2. The molecule has 1 saturated carbocycles. The van der Waals surface area contributed by atoms with E-state index in [1.54, 1.807) is 0 Å². The fourth-order valence-electron chi connectivity index (χ4n) is 5.37. The summed E-state index contributed by atoms with van der Waals surface area (Å²) in [4.78, 5) is 51.6. The Bertz CT molecular complexity index is 1030. The molecule has 0 aromatic heterocycles. The van der Waals surface area contributed by atoms with E-state index < -0.39 is 76.2 Å². The van der Waals surface area contributed by atoms with E-state index in [0.717, 1.165) is 40.6 Å². The van der Waals surface area contributed by atoms with E-state index in [-0.39, 0.29) is 6.42 Å². The fourth-order valence-corrected chi connectivity index (χ4v) is 5.37. The molecule has 10 nitrogen and oxygen atoms in total. The number of carbonyl (C=O) groups excluding carboxylic acids is 4. The molecule has 2 aliphatic rings. The quantitative estimate of drug-likeness (QED) is 0.463. The molecule has 0 radical (unpaired) electrons. The van der Waals surface area contributed by atoms with E-state index in [1.807, 2.05) is 0 Å². The minimum absolute atomic E-state index is 0.143. The van der Waals surface area contributed by atoms with Crippen molar-refractivity contribution in [3.63, 3.8) is 0 Å². The Morgan fingerprint density at radius 3 is 1.82 bits per heavy atom. The minimum Gasteiger partial charge on any atom is -0.511 e. The first-order chi connectivity index (χ1) is 16.1. The highest BCUT2D eigenvalue weighted by atomic mass is 19.1. The van der Waals surface area contributed by atoms with Gasteiger partial charge in [0.1, 0.15) is 23.1 Å². The molecule has 2 bridgehead atoms. The zero-order chi connectivity index (χ0) is 25.4. The average Bonchev–Trinajstić information content (AvgIpc) is 2.82. The van der Waals surface area contributed by atoms with Gasteiger partial charge in [0.15, 0.2) is 0 Å². The van der Waals surface area contributed by atoms with E-state index in [9.17, 15) is 33.8 Å². The number of benzene rings is 1. The van der Waals surface area contributed by atoms with E-state index in [2.05, 4.69) is 0 Å². The fraction of sp³-hybridized carbons (Fsp3) is 0.478. The second kappa shape index (κ2) is 9.41. The lowest BCUT2D eigenvalue weighted by Crippen LogP contribution is -2.68. The predicted octanol–water partition coefficient (Wildman–Crippen LogP) is 1.03.